The minimum Gasteiger partial charge on any atom is -0.356 e. The molecule has 0 bridgehead atoms. The Morgan fingerprint density at radius 3 is 2.62 bits per heavy atom. The van der Waals surface area contributed by atoms with E-state index in [9.17, 15) is 4.39 Å². The predicted octanol–water partition coefficient (Wildman–Crippen LogP) is 5.72. The van der Waals surface area contributed by atoms with E-state index in [0.717, 1.165) is 66.4 Å². The Kier molecular flexibility index (Phi) is 5.55. The van der Waals surface area contributed by atoms with Crippen LogP contribution < -0.4 is 4.90 Å². The second-order valence-corrected chi connectivity index (χ2v) is 8.44. The van der Waals surface area contributed by atoms with Crippen molar-refractivity contribution in [3.8, 4) is 11.1 Å². The molecule has 1 aliphatic heterocycles. The van der Waals surface area contributed by atoms with Crippen LogP contribution in [0.15, 0.2) is 53.3 Å². The molecule has 7 heteroatoms. The molecule has 0 spiro atoms. The molecule has 3 heterocycles. The molecule has 4 aromatic rings. The lowest BCUT2D eigenvalue weighted by Gasteiger charge is -2.32. The minimum absolute atomic E-state index is 0.253. The van der Waals surface area contributed by atoms with E-state index in [4.69, 9.17) is 4.52 Å². The maximum absolute atomic E-state index is 14.5. The zero-order valence-electron chi connectivity index (χ0n) is 18.3. The molecule has 0 aliphatic carbocycles. The summed E-state index contributed by atoms with van der Waals surface area (Å²) in [5.41, 5.74) is 2.09. The van der Waals surface area contributed by atoms with Gasteiger partial charge in [0, 0.05) is 41.4 Å². The summed E-state index contributed by atoms with van der Waals surface area (Å²) in [6, 6.07) is 12.7. The highest BCUT2D eigenvalue weighted by molar-refractivity contribution is 5.99. The van der Waals surface area contributed by atoms with Crippen molar-refractivity contribution in [2.24, 2.45) is 0 Å². The van der Waals surface area contributed by atoms with Gasteiger partial charge in [-0.25, -0.2) is 14.4 Å². The molecular formula is C25H26FN5O. The van der Waals surface area contributed by atoms with Crippen molar-refractivity contribution in [3.05, 3.63) is 66.3 Å². The van der Waals surface area contributed by atoms with Crippen molar-refractivity contribution in [3.63, 3.8) is 0 Å². The second-order valence-electron chi connectivity index (χ2n) is 8.44. The zero-order valence-corrected chi connectivity index (χ0v) is 18.3. The van der Waals surface area contributed by atoms with E-state index in [2.05, 4.69) is 38.9 Å². The third-order valence-electron chi connectivity index (χ3n) is 6.46. The number of aromatic nitrogens is 4. The Bertz CT molecular complexity index is 1230. The fraction of sp³-hybridized carbons (Fsp3) is 0.360. The number of nitrogens with zero attached hydrogens (tertiary/aromatic N) is 5. The van der Waals surface area contributed by atoms with Gasteiger partial charge in [0.25, 0.3) is 0 Å². The maximum Gasteiger partial charge on any atom is 0.229 e. The van der Waals surface area contributed by atoms with Gasteiger partial charge in [0.15, 0.2) is 5.82 Å². The first-order valence-corrected chi connectivity index (χ1v) is 11.2. The van der Waals surface area contributed by atoms with Crippen LogP contribution in [-0.4, -0.2) is 33.2 Å². The molecule has 0 amide bonds. The molecule has 1 fully saturated rings. The normalized spacial score (nSPS) is 15.9. The first-order chi connectivity index (χ1) is 15.7. The minimum atomic E-state index is -0.253. The number of para-hydroxylation sites is 1. The van der Waals surface area contributed by atoms with Gasteiger partial charge in [0.05, 0.1) is 5.52 Å². The van der Waals surface area contributed by atoms with Gasteiger partial charge in [-0.1, -0.05) is 49.3 Å². The maximum atomic E-state index is 14.5. The first-order valence-electron chi connectivity index (χ1n) is 11.2. The van der Waals surface area contributed by atoms with Crippen molar-refractivity contribution in [1.82, 2.24) is 20.1 Å². The van der Waals surface area contributed by atoms with Crippen LogP contribution in [0, 0.1) is 5.82 Å². The van der Waals surface area contributed by atoms with Crippen LogP contribution in [0.25, 0.3) is 22.0 Å². The molecule has 1 aliphatic rings. The summed E-state index contributed by atoms with van der Waals surface area (Å²) in [6.45, 7) is 5.92. The van der Waals surface area contributed by atoms with E-state index in [-0.39, 0.29) is 11.7 Å². The summed E-state index contributed by atoms with van der Waals surface area (Å²) in [5, 5.41) is 5.11. The lowest BCUT2D eigenvalue weighted by Crippen LogP contribution is -2.33. The Balaban J connectivity index is 1.40. The summed E-state index contributed by atoms with van der Waals surface area (Å²) in [7, 11) is 0. The molecule has 0 saturated carbocycles. The summed E-state index contributed by atoms with van der Waals surface area (Å²) in [5.74, 6) is 2.75. The van der Waals surface area contributed by atoms with E-state index in [1.54, 1.807) is 18.5 Å². The largest absolute Gasteiger partial charge is 0.356 e. The molecular weight excluding hydrogens is 405 g/mol. The molecule has 164 valence electrons. The van der Waals surface area contributed by atoms with E-state index in [1.165, 1.54) is 6.07 Å². The quantitative estimate of drug-likeness (QED) is 0.403. The zero-order chi connectivity index (χ0) is 22.1. The van der Waals surface area contributed by atoms with Crippen molar-refractivity contribution >= 4 is 16.7 Å². The third-order valence-corrected chi connectivity index (χ3v) is 6.46. The monoisotopic (exact) mass is 431 g/mol. The van der Waals surface area contributed by atoms with Gasteiger partial charge < -0.3 is 9.42 Å². The molecule has 0 N–H and O–H groups in total. The smallest absolute Gasteiger partial charge is 0.229 e. The molecule has 1 unspecified atom stereocenters. The SMILES string of the molecule is CCC(C)c1noc(C2CCN(c3ncnc4c(-c5ccccc5F)cccc34)CC2)n1. The summed E-state index contributed by atoms with van der Waals surface area (Å²) >= 11 is 0. The van der Waals surface area contributed by atoms with Gasteiger partial charge in [-0.2, -0.15) is 4.98 Å². The Morgan fingerprint density at radius 1 is 1.06 bits per heavy atom. The fourth-order valence-electron chi connectivity index (χ4n) is 4.36. The summed E-state index contributed by atoms with van der Waals surface area (Å²) < 4.78 is 20.0. The lowest BCUT2D eigenvalue weighted by molar-refractivity contribution is 0.325. The number of benzene rings is 2. The van der Waals surface area contributed by atoms with Crippen molar-refractivity contribution in [2.75, 3.05) is 18.0 Å². The Morgan fingerprint density at radius 2 is 1.84 bits per heavy atom. The lowest BCUT2D eigenvalue weighted by atomic mass is 9.96. The molecule has 5 rings (SSSR count). The third kappa shape index (κ3) is 3.72. The topological polar surface area (TPSA) is 67.9 Å². The molecule has 0 radical (unpaired) electrons. The highest BCUT2D eigenvalue weighted by Crippen LogP contribution is 2.35. The number of hydrogen-bond acceptors (Lipinski definition) is 6. The van der Waals surface area contributed by atoms with Crippen molar-refractivity contribution in [1.29, 1.82) is 0 Å². The Hall–Kier alpha value is -3.35. The molecule has 2 aromatic carbocycles. The van der Waals surface area contributed by atoms with Gasteiger partial charge in [-0.15, -0.1) is 0 Å². The number of hydrogen-bond donors (Lipinski definition) is 0. The van der Waals surface area contributed by atoms with Crippen LogP contribution >= 0.6 is 0 Å². The van der Waals surface area contributed by atoms with Crippen LogP contribution in [0.4, 0.5) is 10.2 Å². The number of fused-ring (bicyclic) bond motifs is 1. The van der Waals surface area contributed by atoms with E-state index in [0.29, 0.717) is 11.5 Å². The van der Waals surface area contributed by atoms with Crippen LogP contribution in [0.3, 0.4) is 0 Å². The van der Waals surface area contributed by atoms with Gasteiger partial charge >= 0.3 is 0 Å². The van der Waals surface area contributed by atoms with Crippen molar-refractivity contribution < 1.29 is 8.91 Å². The standard InChI is InChI=1S/C25H26FN5O/c1-3-16(2)23-29-25(32-30-23)17-11-13-31(14-12-17)24-20-9-6-8-19(22(20)27-15-28-24)18-7-4-5-10-21(18)26/h4-10,15-17H,3,11-14H2,1-2H3. The molecule has 6 nitrogen and oxygen atoms in total. The first kappa shape index (κ1) is 20.5. The molecule has 32 heavy (non-hydrogen) atoms. The van der Waals surface area contributed by atoms with Crippen molar-refractivity contribution in [2.45, 2.75) is 44.9 Å². The molecule has 1 atom stereocenters. The van der Waals surface area contributed by atoms with Gasteiger partial charge in [0.1, 0.15) is 18.0 Å². The number of anilines is 1. The summed E-state index contributed by atoms with van der Waals surface area (Å²) in [6.07, 6.45) is 4.40. The van der Waals surface area contributed by atoms with Gasteiger partial charge in [0.2, 0.25) is 5.89 Å². The highest BCUT2D eigenvalue weighted by atomic mass is 19.1. The highest BCUT2D eigenvalue weighted by Gasteiger charge is 2.27. The van der Waals surface area contributed by atoms with Crippen LogP contribution in [0.2, 0.25) is 0 Å². The Labute approximate surface area is 186 Å². The van der Waals surface area contributed by atoms with Gasteiger partial charge in [-0.05, 0) is 31.4 Å². The van der Waals surface area contributed by atoms with Gasteiger partial charge in [-0.3, -0.25) is 0 Å². The average molecular weight is 432 g/mol. The van der Waals surface area contributed by atoms with E-state index >= 15 is 0 Å². The number of rotatable bonds is 5. The number of halogens is 1. The average Bonchev–Trinajstić information content (AvgIpc) is 3.34. The van der Waals surface area contributed by atoms with Crippen LogP contribution in [0.5, 0.6) is 0 Å². The summed E-state index contributed by atoms with van der Waals surface area (Å²) in [4.78, 5) is 16.0. The molecule has 1 saturated heterocycles. The second kappa shape index (κ2) is 8.65. The van der Waals surface area contributed by atoms with Crippen LogP contribution in [-0.2, 0) is 0 Å². The fourth-order valence-corrected chi connectivity index (χ4v) is 4.36. The molecule has 2 aromatic heterocycles. The number of piperidine rings is 1. The van der Waals surface area contributed by atoms with E-state index < -0.39 is 0 Å². The predicted molar refractivity (Wildman–Crippen MR) is 122 cm³/mol. The van der Waals surface area contributed by atoms with E-state index in [1.807, 2.05) is 24.3 Å². The van der Waals surface area contributed by atoms with Crippen LogP contribution in [0.1, 0.15) is 56.7 Å².